The van der Waals surface area contributed by atoms with Crippen LogP contribution >= 0.6 is 0 Å². The number of ketones is 1. The molecule has 1 amide bonds. The summed E-state index contributed by atoms with van der Waals surface area (Å²) >= 11 is 0. The van der Waals surface area contributed by atoms with Crippen LogP contribution in [0.2, 0.25) is 0 Å². The smallest absolute Gasteiger partial charge is 0.410 e. The quantitative estimate of drug-likeness (QED) is 0.655. The predicted octanol–water partition coefficient (Wildman–Crippen LogP) is 2.61. The zero-order valence-electron chi connectivity index (χ0n) is 11.5. The van der Waals surface area contributed by atoms with Gasteiger partial charge in [-0.1, -0.05) is 13.8 Å². The molecule has 17 heavy (non-hydrogen) atoms. The summed E-state index contributed by atoms with van der Waals surface area (Å²) in [6.45, 7) is 10.4. The number of amides is 1. The van der Waals surface area contributed by atoms with Gasteiger partial charge in [-0.15, -0.1) is 0 Å². The molecule has 0 saturated carbocycles. The van der Waals surface area contributed by atoms with Crippen LogP contribution in [0.25, 0.3) is 0 Å². The summed E-state index contributed by atoms with van der Waals surface area (Å²) in [6, 6.07) is 0. The summed E-state index contributed by atoms with van der Waals surface area (Å²) in [7, 11) is 0. The maximum atomic E-state index is 12.0. The topological polar surface area (TPSA) is 46.6 Å². The van der Waals surface area contributed by atoms with Crippen molar-refractivity contribution in [3.05, 3.63) is 0 Å². The van der Waals surface area contributed by atoms with Crippen LogP contribution in [-0.2, 0) is 9.53 Å². The van der Waals surface area contributed by atoms with E-state index < -0.39 is 5.60 Å². The highest BCUT2D eigenvalue weighted by Gasteiger charge is 2.32. The Morgan fingerprint density at radius 2 is 1.94 bits per heavy atom. The molecule has 1 heterocycles. The zero-order chi connectivity index (χ0) is 13.3. The first-order chi connectivity index (χ1) is 7.59. The molecule has 0 unspecified atom stereocenters. The molecule has 1 aliphatic heterocycles. The number of hydrogen-bond acceptors (Lipinski definition) is 3. The SMILES string of the molecule is CC1(C)CCC(=O)CN(C(=O)OC(C)(C)C)C1. The monoisotopic (exact) mass is 241 g/mol. The Labute approximate surface area is 103 Å². The molecule has 4 heteroatoms. The minimum absolute atomic E-state index is 0.0247. The molecule has 1 saturated heterocycles. The number of Topliss-reactive ketones (excluding diaryl/α,β-unsaturated/α-hetero) is 1. The second-order valence-corrected chi connectivity index (χ2v) is 6.54. The lowest BCUT2D eigenvalue weighted by atomic mass is 9.88. The van der Waals surface area contributed by atoms with Crippen molar-refractivity contribution in [3.8, 4) is 0 Å². The molecule has 0 aromatic carbocycles. The molecule has 0 atom stereocenters. The first-order valence-electron chi connectivity index (χ1n) is 6.09. The Morgan fingerprint density at radius 3 is 2.47 bits per heavy atom. The van der Waals surface area contributed by atoms with Gasteiger partial charge >= 0.3 is 6.09 Å². The Kier molecular flexibility index (Phi) is 3.84. The summed E-state index contributed by atoms with van der Waals surface area (Å²) in [4.78, 5) is 25.1. The molecule has 0 aromatic heterocycles. The van der Waals surface area contributed by atoms with E-state index in [9.17, 15) is 9.59 Å². The fourth-order valence-electron chi connectivity index (χ4n) is 1.88. The lowest BCUT2D eigenvalue weighted by Gasteiger charge is -2.31. The molecular weight excluding hydrogens is 218 g/mol. The van der Waals surface area contributed by atoms with Gasteiger partial charge in [0, 0.05) is 13.0 Å². The number of hydrogen-bond donors (Lipinski definition) is 0. The van der Waals surface area contributed by atoms with Crippen LogP contribution in [0, 0.1) is 5.41 Å². The second-order valence-electron chi connectivity index (χ2n) is 6.54. The Bertz CT molecular complexity index is 315. The van der Waals surface area contributed by atoms with Gasteiger partial charge in [-0.3, -0.25) is 4.79 Å². The van der Waals surface area contributed by atoms with Crippen molar-refractivity contribution in [1.29, 1.82) is 0 Å². The van der Waals surface area contributed by atoms with Crippen LogP contribution in [0.4, 0.5) is 4.79 Å². The summed E-state index contributed by atoms with van der Waals surface area (Å²) in [5.74, 6) is 0.112. The van der Waals surface area contributed by atoms with Gasteiger partial charge in [0.2, 0.25) is 0 Å². The van der Waals surface area contributed by atoms with Crippen LogP contribution in [0.3, 0.4) is 0 Å². The zero-order valence-corrected chi connectivity index (χ0v) is 11.5. The molecule has 0 aromatic rings. The Balaban J connectivity index is 2.74. The molecule has 0 N–H and O–H groups in total. The number of carbonyl (C=O) groups is 2. The maximum Gasteiger partial charge on any atom is 0.410 e. The molecule has 1 aliphatic rings. The average molecular weight is 241 g/mol. The third-order valence-electron chi connectivity index (χ3n) is 2.72. The fourth-order valence-corrected chi connectivity index (χ4v) is 1.88. The third-order valence-corrected chi connectivity index (χ3v) is 2.72. The Hall–Kier alpha value is -1.06. The van der Waals surface area contributed by atoms with Crippen LogP contribution in [0.1, 0.15) is 47.5 Å². The number of carbonyl (C=O) groups excluding carboxylic acids is 2. The number of rotatable bonds is 0. The maximum absolute atomic E-state index is 12.0. The summed E-state index contributed by atoms with van der Waals surface area (Å²) in [5.41, 5.74) is -0.542. The minimum atomic E-state index is -0.517. The van der Waals surface area contributed by atoms with Gasteiger partial charge in [-0.05, 0) is 32.6 Å². The van der Waals surface area contributed by atoms with Gasteiger partial charge in [0.1, 0.15) is 5.60 Å². The number of likely N-dealkylation sites (tertiary alicyclic amines) is 1. The van der Waals surface area contributed by atoms with E-state index in [1.165, 1.54) is 4.90 Å². The van der Waals surface area contributed by atoms with Gasteiger partial charge in [0.15, 0.2) is 5.78 Å². The van der Waals surface area contributed by atoms with Crippen molar-refractivity contribution in [2.45, 2.75) is 53.1 Å². The molecule has 0 aliphatic carbocycles. The van der Waals surface area contributed by atoms with E-state index in [1.54, 1.807) is 0 Å². The van der Waals surface area contributed by atoms with Crippen molar-refractivity contribution >= 4 is 11.9 Å². The molecule has 98 valence electrons. The molecule has 1 fully saturated rings. The molecule has 0 bridgehead atoms. The van der Waals surface area contributed by atoms with Gasteiger partial charge < -0.3 is 9.64 Å². The standard InChI is InChI=1S/C13H23NO3/c1-12(2,3)17-11(16)14-8-10(15)6-7-13(4,5)9-14/h6-9H2,1-5H3. The van der Waals surface area contributed by atoms with Crippen molar-refractivity contribution < 1.29 is 14.3 Å². The van der Waals surface area contributed by atoms with Crippen LogP contribution in [0.5, 0.6) is 0 Å². The lowest BCUT2D eigenvalue weighted by molar-refractivity contribution is -0.119. The largest absolute Gasteiger partial charge is 0.444 e. The Morgan fingerprint density at radius 1 is 1.35 bits per heavy atom. The van der Waals surface area contributed by atoms with E-state index >= 15 is 0 Å². The van der Waals surface area contributed by atoms with E-state index in [1.807, 2.05) is 20.8 Å². The summed E-state index contributed by atoms with van der Waals surface area (Å²) in [6.07, 6.45) is 0.984. The van der Waals surface area contributed by atoms with E-state index in [-0.39, 0.29) is 23.8 Å². The minimum Gasteiger partial charge on any atom is -0.444 e. The van der Waals surface area contributed by atoms with Gasteiger partial charge in [-0.2, -0.15) is 0 Å². The van der Waals surface area contributed by atoms with E-state index in [0.29, 0.717) is 13.0 Å². The van der Waals surface area contributed by atoms with Crippen molar-refractivity contribution in [3.63, 3.8) is 0 Å². The van der Waals surface area contributed by atoms with Gasteiger partial charge in [-0.25, -0.2) is 4.79 Å². The second kappa shape index (κ2) is 4.67. The molecule has 0 spiro atoms. The number of ether oxygens (including phenoxy) is 1. The van der Waals surface area contributed by atoms with Crippen LogP contribution < -0.4 is 0 Å². The lowest BCUT2D eigenvalue weighted by Crippen LogP contribution is -2.42. The summed E-state index contributed by atoms with van der Waals surface area (Å²) < 4.78 is 5.31. The fraction of sp³-hybridized carbons (Fsp3) is 0.846. The van der Waals surface area contributed by atoms with Gasteiger partial charge in [0.05, 0.1) is 6.54 Å². The third kappa shape index (κ3) is 4.75. The molecular formula is C13H23NO3. The van der Waals surface area contributed by atoms with E-state index in [0.717, 1.165) is 6.42 Å². The van der Waals surface area contributed by atoms with Crippen molar-refractivity contribution in [2.24, 2.45) is 5.41 Å². The predicted molar refractivity (Wildman–Crippen MR) is 65.8 cm³/mol. The van der Waals surface area contributed by atoms with Crippen molar-refractivity contribution in [1.82, 2.24) is 4.90 Å². The molecule has 4 nitrogen and oxygen atoms in total. The highest BCUT2D eigenvalue weighted by Crippen LogP contribution is 2.27. The van der Waals surface area contributed by atoms with Crippen LogP contribution in [0.15, 0.2) is 0 Å². The highest BCUT2D eigenvalue weighted by atomic mass is 16.6. The van der Waals surface area contributed by atoms with Crippen LogP contribution in [-0.4, -0.2) is 35.5 Å². The highest BCUT2D eigenvalue weighted by molar-refractivity contribution is 5.84. The molecule has 0 radical (unpaired) electrons. The average Bonchev–Trinajstić information content (AvgIpc) is 2.23. The first kappa shape index (κ1) is 14.0. The summed E-state index contributed by atoms with van der Waals surface area (Å²) in [5, 5.41) is 0. The van der Waals surface area contributed by atoms with Gasteiger partial charge in [0.25, 0.3) is 0 Å². The molecule has 1 rings (SSSR count). The van der Waals surface area contributed by atoms with Crippen molar-refractivity contribution in [2.75, 3.05) is 13.1 Å². The van der Waals surface area contributed by atoms with E-state index in [2.05, 4.69) is 13.8 Å². The van der Waals surface area contributed by atoms with E-state index in [4.69, 9.17) is 4.74 Å². The first-order valence-corrected chi connectivity index (χ1v) is 6.09. The normalized spacial score (nSPS) is 21.0. The number of nitrogens with zero attached hydrogens (tertiary/aromatic N) is 1.